The molecule has 0 saturated heterocycles. The van der Waals surface area contributed by atoms with Gasteiger partial charge in [-0.05, 0) is 54.0 Å². The third-order valence-corrected chi connectivity index (χ3v) is 7.72. The number of methoxy groups -OCH3 is 2. The van der Waals surface area contributed by atoms with Crippen LogP contribution < -0.4 is 24.4 Å². The molecule has 8 heteroatoms. The van der Waals surface area contributed by atoms with Gasteiger partial charge in [-0.3, -0.25) is 9.36 Å². The smallest absolute Gasteiger partial charge is 0.338 e. The maximum Gasteiger partial charge on any atom is 0.338 e. The van der Waals surface area contributed by atoms with Gasteiger partial charge in [0.1, 0.15) is 17.5 Å². The Morgan fingerprint density at radius 2 is 1.85 bits per heavy atom. The second kappa shape index (κ2) is 11.3. The largest absolute Gasteiger partial charge is 0.497 e. The number of esters is 1. The summed E-state index contributed by atoms with van der Waals surface area (Å²) < 4.78 is 18.8. The Kier molecular flexibility index (Phi) is 7.65. The molecule has 0 radical (unpaired) electrons. The first-order chi connectivity index (χ1) is 19.0. The van der Waals surface area contributed by atoms with Crippen LogP contribution in [0, 0.1) is 0 Å². The fourth-order valence-corrected chi connectivity index (χ4v) is 6.00. The maximum atomic E-state index is 14.1. The lowest BCUT2D eigenvalue weighted by Crippen LogP contribution is -2.40. The molecule has 1 aliphatic rings. The summed E-state index contributed by atoms with van der Waals surface area (Å²) in [7, 11) is 3.14. The van der Waals surface area contributed by atoms with Gasteiger partial charge in [-0.25, -0.2) is 9.79 Å². The number of hydrogen-bond donors (Lipinski definition) is 0. The van der Waals surface area contributed by atoms with Crippen LogP contribution >= 0.6 is 11.3 Å². The van der Waals surface area contributed by atoms with Gasteiger partial charge in [0, 0.05) is 5.56 Å². The van der Waals surface area contributed by atoms with Crippen LogP contribution in [0.25, 0.3) is 16.8 Å². The molecule has 3 aromatic carbocycles. The highest BCUT2D eigenvalue weighted by Crippen LogP contribution is 2.38. The standard InChI is InChI=1S/C31H30N2O5S/c1-5-10-24-27(30(35)38-6-2)28(23-18-21(36-3)15-16-25(23)37-4)33-29(34)26(39-31(33)32-24)17-20-13-9-12-19-11-7-8-14-22(19)20/h7-9,11-18,28H,5-6,10H2,1-4H3/b26-17-/t28-/m1/s1. The second-order valence-corrected chi connectivity index (χ2v) is 10.1. The van der Waals surface area contributed by atoms with Crippen molar-refractivity contribution < 1.29 is 19.0 Å². The first-order valence-corrected chi connectivity index (χ1v) is 13.7. The van der Waals surface area contributed by atoms with Crippen LogP contribution in [-0.4, -0.2) is 31.4 Å². The van der Waals surface area contributed by atoms with Gasteiger partial charge >= 0.3 is 5.97 Å². The summed E-state index contributed by atoms with van der Waals surface area (Å²) in [5.74, 6) is 0.618. The van der Waals surface area contributed by atoms with Crippen molar-refractivity contribution in [2.45, 2.75) is 32.7 Å². The average Bonchev–Trinajstić information content (AvgIpc) is 3.26. The van der Waals surface area contributed by atoms with Crippen molar-refractivity contribution in [1.82, 2.24) is 4.57 Å². The average molecular weight is 543 g/mol. The molecule has 200 valence electrons. The van der Waals surface area contributed by atoms with E-state index in [1.165, 1.54) is 11.3 Å². The molecule has 2 heterocycles. The first kappa shape index (κ1) is 26.4. The number of carbonyl (C=O) groups excluding carboxylic acids is 1. The molecule has 1 atom stereocenters. The van der Waals surface area contributed by atoms with Gasteiger partial charge in [-0.15, -0.1) is 0 Å². The van der Waals surface area contributed by atoms with E-state index in [1.54, 1.807) is 43.9 Å². The number of ether oxygens (including phenoxy) is 3. The highest BCUT2D eigenvalue weighted by Gasteiger charge is 2.36. The van der Waals surface area contributed by atoms with Crippen LogP contribution in [0.4, 0.5) is 0 Å². The molecule has 1 aromatic heterocycles. The second-order valence-electron chi connectivity index (χ2n) is 9.09. The zero-order valence-electron chi connectivity index (χ0n) is 22.4. The Labute approximate surface area is 230 Å². The van der Waals surface area contributed by atoms with Gasteiger partial charge in [-0.2, -0.15) is 0 Å². The lowest BCUT2D eigenvalue weighted by molar-refractivity contribution is -0.139. The summed E-state index contributed by atoms with van der Waals surface area (Å²) in [4.78, 5) is 32.9. The summed E-state index contributed by atoms with van der Waals surface area (Å²) in [6.45, 7) is 4.00. The van der Waals surface area contributed by atoms with Crippen molar-refractivity contribution in [3.05, 3.63) is 103 Å². The molecule has 0 amide bonds. The predicted octanol–water partition coefficient (Wildman–Crippen LogP) is 4.75. The van der Waals surface area contributed by atoms with Crippen molar-refractivity contribution in [3.63, 3.8) is 0 Å². The normalized spacial score (nSPS) is 15.2. The van der Waals surface area contributed by atoms with E-state index in [0.29, 0.717) is 44.1 Å². The monoisotopic (exact) mass is 542 g/mol. The van der Waals surface area contributed by atoms with E-state index in [2.05, 4.69) is 0 Å². The molecule has 5 rings (SSSR count). The van der Waals surface area contributed by atoms with E-state index in [1.807, 2.05) is 55.5 Å². The number of carbonyl (C=O) groups is 1. The van der Waals surface area contributed by atoms with Crippen LogP contribution in [0.5, 0.6) is 11.5 Å². The fourth-order valence-electron chi connectivity index (χ4n) is 4.99. The Hall–Kier alpha value is -4.17. The molecule has 0 aliphatic carbocycles. The Balaban J connectivity index is 1.83. The van der Waals surface area contributed by atoms with Gasteiger partial charge < -0.3 is 14.2 Å². The molecular formula is C31H30N2O5S. The zero-order valence-corrected chi connectivity index (χ0v) is 23.2. The van der Waals surface area contributed by atoms with Gasteiger partial charge in [0.15, 0.2) is 4.80 Å². The van der Waals surface area contributed by atoms with E-state index in [4.69, 9.17) is 19.2 Å². The van der Waals surface area contributed by atoms with Gasteiger partial charge in [0.2, 0.25) is 0 Å². The summed E-state index contributed by atoms with van der Waals surface area (Å²) in [5, 5.41) is 2.14. The van der Waals surface area contributed by atoms with E-state index >= 15 is 0 Å². The number of fused-ring (bicyclic) bond motifs is 2. The number of aromatic nitrogens is 1. The van der Waals surface area contributed by atoms with Crippen molar-refractivity contribution in [1.29, 1.82) is 0 Å². The Morgan fingerprint density at radius 3 is 2.59 bits per heavy atom. The summed E-state index contributed by atoms with van der Waals surface area (Å²) in [6, 6.07) is 18.7. The number of nitrogens with zero attached hydrogens (tertiary/aromatic N) is 2. The van der Waals surface area contributed by atoms with Crippen LogP contribution in [-0.2, 0) is 9.53 Å². The molecule has 7 nitrogen and oxygen atoms in total. The molecule has 39 heavy (non-hydrogen) atoms. The molecule has 1 aliphatic heterocycles. The summed E-state index contributed by atoms with van der Waals surface area (Å²) >= 11 is 1.31. The zero-order chi connectivity index (χ0) is 27.5. The van der Waals surface area contributed by atoms with E-state index < -0.39 is 12.0 Å². The minimum Gasteiger partial charge on any atom is -0.497 e. The number of thiazole rings is 1. The molecule has 0 saturated carbocycles. The Bertz CT molecular complexity index is 1760. The predicted molar refractivity (Wildman–Crippen MR) is 153 cm³/mol. The van der Waals surface area contributed by atoms with Crippen LogP contribution in [0.15, 0.2) is 81.7 Å². The van der Waals surface area contributed by atoms with E-state index in [-0.39, 0.29) is 12.2 Å². The lowest BCUT2D eigenvalue weighted by atomic mass is 9.93. The molecule has 0 spiro atoms. The van der Waals surface area contributed by atoms with E-state index in [9.17, 15) is 9.59 Å². The first-order valence-electron chi connectivity index (χ1n) is 12.9. The highest BCUT2D eigenvalue weighted by atomic mass is 32.1. The van der Waals surface area contributed by atoms with Crippen LogP contribution in [0.2, 0.25) is 0 Å². The van der Waals surface area contributed by atoms with Crippen molar-refractivity contribution in [3.8, 4) is 11.5 Å². The van der Waals surface area contributed by atoms with Crippen LogP contribution in [0.3, 0.4) is 0 Å². The van der Waals surface area contributed by atoms with Crippen molar-refractivity contribution in [2.24, 2.45) is 4.99 Å². The van der Waals surface area contributed by atoms with E-state index in [0.717, 1.165) is 22.8 Å². The number of hydrogen-bond acceptors (Lipinski definition) is 7. The molecule has 0 fully saturated rings. The SMILES string of the molecule is CCCC1=C(C(=O)OCC)[C@@H](c2cc(OC)ccc2OC)n2c(s/c(=C\c3cccc4ccccc34)c2=O)=N1. The minimum atomic E-state index is -0.790. The number of benzene rings is 3. The molecule has 0 unspecified atom stereocenters. The number of rotatable bonds is 8. The highest BCUT2D eigenvalue weighted by molar-refractivity contribution is 7.07. The lowest BCUT2D eigenvalue weighted by Gasteiger charge is -2.27. The molecule has 0 N–H and O–H groups in total. The maximum absolute atomic E-state index is 14.1. The third-order valence-electron chi connectivity index (χ3n) is 6.73. The van der Waals surface area contributed by atoms with Gasteiger partial charge in [0.05, 0.1) is 36.6 Å². The van der Waals surface area contributed by atoms with Crippen molar-refractivity contribution >= 4 is 34.2 Å². The van der Waals surface area contributed by atoms with Crippen LogP contribution in [0.1, 0.15) is 43.9 Å². The molecule has 0 bridgehead atoms. The summed E-state index contributed by atoms with van der Waals surface area (Å²) in [5.41, 5.74) is 2.28. The molecule has 4 aromatic rings. The molecular weight excluding hydrogens is 512 g/mol. The Morgan fingerprint density at radius 1 is 1.05 bits per heavy atom. The van der Waals surface area contributed by atoms with Gasteiger partial charge in [-0.1, -0.05) is 67.1 Å². The minimum absolute atomic E-state index is 0.204. The topological polar surface area (TPSA) is 79.1 Å². The fraction of sp³-hybridized carbons (Fsp3) is 0.258. The van der Waals surface area contributed by atoms with Crippen molar-refractivity contribution in [2.75, 3.05) is 20.8 Å². The quantitative estimate of drug-likeness (QED) is 0.300. The van der Waals surface area contributed by atoms with Gasteiger partial charge in [0.25, 0.3) is 5.56 Å². The summed E-state index contributed by atoms with van der Waals surface area (Å²) in [6.07, 6.45) is 3.24. The third kappa shape index (κ3) is 4.88. The number of allylic oxidation sites excluding steroid dienone is 1.